The van der Waals surface area contributed by atoms with E-state index in [4.69, 9.17) is 4.74 Å². The lowest BCUT2D eigenvalue weighted by molar-refractivity contribution is 0.286. The van der Waals surface area contributed by atoms with Crippen molar-refractivity contribution in [3.05, 3.63) is 36.2 Å². The van der Waals surface area contributed by atoms with Gasteiger partial charge in [0.1, 0.15) is 12.4 Å². The van der Waals surface area contributed by atoms with E-state index >= 15 is 0 Å². The van der Waals surface area contributed by atoms with Crippen LogP contribution in [0, 0.1) is 0 Å². The Kier molecular flexibility index (Phi) is 2.29. The van der Waals surface area contributed by atoms with Crippen LogP contribution in [0.1, 0.15) is 24.7 Å². The van der Waals surface area contributed by atoms with Crippen LogP contribution in [0.3, 0.4) is 0 Å². The summed E-state index contributed by atoms with van der Waals surface area (Å²) in [5, 5.41) is 11.6. The predicted octanol–water partition coefficient (Wildman–Crippen LogP) is 1.59. The van der Waals surface area contributed by atoms with Crippen LogP contribution in [0.4, 0.5) is 0 Å². The summed E-state index contributed by atoms with van der Waals surface area (Å²) < 4.78 is 7.47. The maximum Gasteiger partial charge on any atom is 0.189 e. The van der Waals surface area contributed by atoms with Crippen molar-refractivity contribution in [1.29, 1.82) is 0 Å². The molecule has 0 saturated heterocycles. The van der Waals surface area contributed by atoms with Crippen molar-refractivity contribution in [3.8, 4) is 5.75 Å². The zero-order valence-corrected chi connectivity index (χ0v) is 8.78. The SMILES string of the molecule is c1ccc(OCc2nnnn2C2CC2)cc1. The smallest absolute Gasteiger partial charge is 0.189 e. The van der Waals surface area contributed by atoms with Gasteiger partial charge in [-0.2, -0.15) is 0 Å². The number of ether oxygens (including phenoxy) is 1. The summed E-state index contributed by atoms with van der Waals surface area (Å²) in [6.07, 6.45) is 2.34. The maximum atomic E-state index is 5.61. The van der Waals surface area contributed by atoms with Crippen LogP contribution < -0.4 is 4.74 Å². The van der Waals surface area contributed by atoms with E-state index < -0.39 is 0 Å². The molecule has 0 amide bonds. The molecular weight excluding hydrogens is 204 g/mol. The highest BCUT2D eigenvalue weighted by atomic mass is 16.5. The summed E-state index contributed by atoms with van der Waals surface area (Å²) in [4.78, 5) is 0. The second-order valence-corrected chi connectivity index (χ2v) is 3.87. The van der Waals surface area contributed by atoms with E-state index in [2.05, 4.69) is 15.5 Å². The Labute approximate surface area is 93.0 Å². The molecule has 5 heteroatoms. The summed E-state index contributed by atoms with van der Waals surface area (Å²) in [6.45, 7) is 0.424. The fourth-order valence-electron chi connectivity index (χ4n) is 1.57. The molecular formula is C11H12N4O. The number of benzene rings is 1. The zero-order valence-electron chi connectivity index (χ0n) is 8.78. The highest BCUT2D eigenvalue weighted by Crippen LogP contribution is 2.34. The van der Waals surface area contributed by atoms with Crippen LogP contribution in [-0.2, 0) is 6.61 Å². The van der Waals surface area contributed by atoms with E-state index in [1.807, 2.05) is 35.0 Å². The van der Waals surface area contributed by atoms with Gasteiger partial charge in [0, 0.05) is 0 Å². The van der Waals surface area contributed by atoms with Gasteiger partial charge in [-0.15, -0.1) is 5.10 Å². The zero-order chi connectivity index (χ0) is 10.8. The fourth-order valence-corrected chi connectivity index (χ4v) is 1.57. The Morgan fingerprint density at radius 1 is 1.25 bits per heavy atom. The van der Waals surface area contributed by atoms with Crippen LogP contribution in [0.2, 0.25) is 0 Å². The molecule has 1 aromatic heterocycles. The average molecular weight is 216 g/mol. The molecule has 1 saturated carbocycles. The second kappa shape index (κ2) is 3.92. The molecule has 1 fully saturated rings. The molecule has 82 valence electrons. The number of hydrogen-bond donors (Lipinski definition) is 0. The highest BCUT2D eigenvalue weighted by Gasteiger charge is 2.27. The van der Waals surface area contributed by atoms with Crippen LogP contribution in [0.25, 0.3) is 0 Å². The van der Waals surface area contributed by atoms with E-state index in [-0.39, 0.29) is 0 Å². The third-order valence-electron chi connectivity index (χ3n) is 2.56. The minimum atomic E-state index is 0.424. The molecule has 5 nitrogen and oxygen atoms in total. The van der Waals surface area contributed by atoms with E-state index in [0.29, 0.717) is 12.6 Å². The van der Waals surface area contributed by atoms with Crippen molar-refractivity contribution < 1.29 is 4.74 Å². The van der Waals surface area contributed by atoms with Crippen LogP contribution in [0.5, 0.6) is 5.75 Å². The van der Waals surface area contributed by atoms with Gasteiger partial charge < -0.3 is 4.74 Å². The van der Waals surface area contributed by atoms with Gasteiger partial charge in [-0.25, -0.2) is 4.68 Å². The van der Waals surface area contributed by atoms with Gasteiger partial charge in [0.25, 0.3) is 0 Å². The third kappa shape index (κ3) is 1.88. The number of hydrogen-bond acceptors (Lipinski definition) is 4. The first-order chi connectivity index (χ1) is 7.93. The first-order valence-corrected chi connectivity index (χ1v) is 5.38. The number of tetrazole rings is 1. The molecule has 1 aromatic carbocycles. The predicted molar refractivity (Wildman–Crippen MR) is 56.9 cm³/mol. The van der Waals surface area contributed by atoms with Crippen molar-refractivity contribution in [2.45, 2.75) is 25.5 Å². The van der Waals surface area contributed by atoms with Gasteiger partial charge in [0.2, 0.25) is 0 Å². The van der Waals surface area contributed by atoms with Crippen LogP contribution in [-0.4, -0.2) is 20.2 Å². The summed E-state index contributed by atoms with van der Waals surface area (Å²) in [6, 6.07) is 10.2. The van der Waals surface area contributed by atoms with Gasteiger partial charge in [-0.05, 0) is 35.4 Å². The lowest BCUT2D eigenvalue weighted by Gasteiger charge is -2.05. The van der Waals surface area contributed by atoms with Crippen LogP contribution >= 0.6 is 0 Å². The van der Waals surface area contributed by atoms with Crippen molar-refractivity contribution in [2.24, 2.45) is 0 Å². The van der Waals surface area contributed by atoms with Crippen molar-refractivity contribution in [1.82, 2.24) is 20.2 Å². The molecule has 0 atom stereocenters. The molecule has 0 spiro atoms. The highest BCUT2D eigenvalue weighted by molar-refractivity contribution is 5.20. The van der Waals surface area contributed by atoms with Gasteiger partial charge in [0.05, 0.1) is 6.04 Å². The summed E-state index contributed by atoms with van der Waals surface area (Å²) in [5.41, 5.74) is 0. The maximum absolute atomic E-state index is 5.61. The largest absolute Gasteiger partial charge is 0.486 e. The topological polar surface area (TPSA) is 52.8 Å². The van der Waals surface area contributed by atoms with Gasteiger partial charge in [-0.3, -0.25) is 0 Å². The summed E-state index contributed by atoms with van der Waals surface area (Å²) in [7, 11) is 0. The fraction of sp³-hybridized carbons (Fsp3) is 0.364. The molecule has 2 aromatic rings. The monoisotopic (exact) mass is 216 g/mol. The molecule has 3 rings (SSSR count). The quantitative estimate of drug-likeness (QED) is 0.778. The Morgan fingerprint density at radius 3 is 2.81 bits per heavy atom. The second-order valence-electron chi connectivity index (χ2n) is 3.87. The molecule has 0 N–H and O–H groups in total. The average Bonchev–Trinajstić information content (AvgIpc) is 3.07. The molecule has 16 heavy (non-hydrogen) atoms. The van der Waals surface area contributed by atoms with E-state index in [9.17, 15) is 0 Å². The standard InChI is InChI=1S/C11H12N4O/c1-2-4-10(5-3-1)16-8-11-12-13-14-15(11)9-6-7-9/h1-5,9H,6-8H2. The Bertz CT molecular complexity index is 464. The molecule has 0 bridgehead atoms. The first-order valence-electron chi connectivity index (χ1n) is 5.38. The summed E-state index contributed by atoms with van der Waals surface area (Å²) in [5.74, 6) is 1.64. The Hall–Kier alpha value is -1.91. The van der Waals surface area contributed by atoms with Crippen molar-refractivity contribution in [3.63, 3.8) is 0 Å². The Morgan fingerprint density at radius 2 is 2.06 bits per heavy atom. The first kappa shape index (κ1) is 9.33. The van der Waals surface area contributed by atoms with Crippen molar-refractivity contribution in [2.75, 3.05) is 0 Å². The summed E-state index contributed by atoms with van der Waals surface area (Å²) >= 11 is 0. The third-order valence-corrected chi connectivity index (χ3v) is 2.56. The number of aromatic nitrogens is 4. The Balaban J connectivity index is 1.68. The molecule has 0 radical (unpaired) electrons. The van der Waals surface area contributed by atoms with Gasteiger partial charge in [0.15, 0.2) is 5.82 Å². The van der Waals surface area contributed by atoms with Crippen molar-refractivity contribution >= 4 is 0 Å². The molecule has 0 aliphatic heterocycles. The normalized spacial score (nSPS) is 15.0. The number of para-hydroxylation sites is 1. The lowest BCUT2D eigenvalue weighted by Crippen LogP contribution is -2.07. The van der Waals surface area contributed by atoms with E-state index in [0.717, 1.165) is 11.6 Å². The molecule has 1 aliphatic carbocycles. The molecule has 0 unspecified atom stereocenters. The minimum Gasteiger partial charge on any atom is -0.486 e. The van der Waals surface area contributed by atoms with Gasteiger partial charge in [-0.1, -0.05) is 18.2 Å². The van der Waals surface area contributed by atoms with E-state index in [1.165, 1.54) is 12.8 Å². The molecule has 1 aliphatic rings. The van der Waals surface area contributed by atoms with Crippen LogP contribution in [0.15, 0.2) is 30.3 Å². The number of nitrogens with zero attached hydrogens (tertiary/aromatic N) is 4. The lowest BCUT2D eigenvalue weighted by atomic mass is 10.3. The molecule has 1 heterocycles. The number of rotatable bonds is 4. The van der Waals surface area contributed by atoms with E-state index in [1.54, 1.807) is 0 Å². The minimum absolute atomic E-state index is 0.424. The van der Waals surface area contributed by atoms with Gasteiger partial charge >= 0.3 is 0 Å².